The first-order valence-corrected chi connectivity index (χ1v) is 10.8. The zero-order valence-corrected chi connectivity index (χ0v) is 17.8. The summed E-state index contributed by atoms with van der Waals surface area (Å²) in [5, 5.41) is 2.77. The van der Waals surface area contributed by atoms with Gasteiger partial charge in [-0.05, 0) is 31.0 Å². The van der Waals surface area contributed by atoms with E-state index in [0.29, 0.717) is 38.9 Å². The van der Waals surface area contributed by atoms with Crippen LogP contribution in [-0.4, -0.2) is 58.5 Å². The van der Waals surface area contributed by atoms with Gasteiger partial charge < -0.3 is 14.8 Å². The second-order valence-electron chi connectivity index (χ2n) is 6.10. The van der Waals surface area contributed by atoms with Crippen molar-refractivity contribution in [2.45, 2.75) is 44.4 Å². The van der Waals surface area contributed by atoms with Gasteiger partial charge in [0, 0.05) is 31.6 Å². The number of unbranched alkanes of at least 4 members (excludes halogenated alkanes) is 2. The highest BCUT2D eigenvalue weighted by atomic mass is 32.2. The molecule has 0 atom stereocenters. The normalized spacial score (nSPS) is 11.3. The summed E-state index contributed by atoms with van der Waals surface area (Å²) in [7, 11) is -1.01. The second kappa shape index (κ2) is 11.7. The lowest BCUT2D eigenvalue weighted by atomic mass is 10.1. The van der Waals surface area contributed by atoms with Gasteiger partial charge >= 0.3 is 5.97 Å². The number of nitrogens with zero attached hydrogens (tertiary/aromatic N) is 1. The number of benzene rings is 1. The van der Waals surface area contributed by atoms with Crippen LogP contribution in [0.15, 0.2) is 23.1 Å². The molecule has 0 radical (unpaired) electrons. The van der Waals surface area contributed by atoms with Crippen LogP contribution in [0, 0.1) is 0 Å². The number of esters is 1. The lowest BCUT2D eigenvalue weighted by molar-refractivity contribution is -0.140. The van der Waals surface area contributed by atoms with Gasteiger partial charge in [-0.25, -0.2) is 8.42 Å². The Bertz CT molecular complexity index is 760. The molecule has 1 rings (SSSR count). The predicted octanol–water partition coefficient (Wildman–Crippen LogP) is 2.19. The van der Waals surface area contributed by atoms with Crippen LogP contribution in [0.1, 0.15) is 49.9 Å². The molecule has 158 valence electrons. The van der Waals surface area contributed by atoms with E-state index in [4.69, 9.17) is 4.74 Å². The molecule has 0 bridgehead atoms. The van der Waals surface area contributed by atoms with Crippen LogP contribution >= 0.6 is 0 Å². The van der Waals surface area contributed by atoms with E-state index >= 15 is 0 Å². The molecule has 28 heavy (non-hydrogen) atoms. The first kappa shape index (κ1) is 23.9. The Morgan fingerprint density at radius 3 is 2.32 bits per heavy atom. The van der Waals surface area contributed by atoms with Crippen molar-refractivity contribution < 1.29 is 27.5 Å². The van der Waals surface area contributed by atoms with Gasteiger partial charge in [-0.1, -0.05) is 20.3 Å². The van der Waals surface area contributed by atoms with E-state index in [1.807, 2.05) is 0 Å². The Morgan fingerprint density at radius 1 is 1.07 bits per heavy atom. The predicted molar refractivity (Wildman–Crippen MR) is 106 cm³/mol. The Labute approximate surface area is 167 Å². The fraction of sp³-hybridized carbons (Fsp3) is 0.579. The van der Waals surface area contributed by atoms with Gasteiger partial charge in [-0.2, -0.15) is 4.31 Å². The largest absolute Gasteiger partial charge is 0.495 e. The van der Waals surface area contributed by atoms with Gasteiger partial charge in [0.25, 0.3) is 5.91 Å². The van der Waals surface area contributed by atoms with Crippen molar-refractivity contribution in [3.8, 4) is 5.75 Å². The van der Waals surface area contributed by atoms with Crippen LogP contribution in [0.25, 0.3) is 0 Å². The quantitative estimate of drug-likeness (QED) is 0.415. The zero-order chi connectivity index (χ0) is 21.2. The van der Waals surface area contributed by atoms with Crippen molar-refractivity contribution in [3.63, 3.8) is 0 Å². The average molecular weight is 415 g/mol. The average Bonchev–Trinajstić information content (AvgIpc) is 2.70. The fourth-order valence-corrected chi connectivity index (χ4v) is 4.34. The molecule has 0 aliphatic carbocycles. The summed E-state index contributed by atoms with van der Waals surface area (Å²) in [6.45, 7) is 4.59. The number of amides is 1. The zero-order valence-electron chi connectivity index (χ0n) is 17.0. The van der Waals surface area contributed by atoms with Crippen molar-refractivity contribution >= 4 is 21.9 Å². The van der Waals surface area contributed by atoms with E-state index in [1.54, 1.807) is 13.8 Å². The lowest BCUT2D eigenvalue weighted by Gasteiger charge is -2.20. The van der Waals surface area contributed by atoms with Crippen molar-refractivity contribution in [2.24, 2.45) is 0 Å². The topological polar surface area (TPSA) is 102 Å². The number of hydrogen-bond acceptors (Lipinski definition) is 6. The molecule has 0 aromatic heterocycles. The summed E-state index contributed by atoms with van der Waals surface area (Å²) >= 11 is 0. The molecule has 1 aromatic carbocycles. The van der Waals surface area contributed by atoms with Crippen molar-refractivity contribution in [2.75, 3.05) is 33.9 Å². The van der Waals surface area contributed by atoms with Gasteiger partial charge in [0.05, 0.1) is 14.2 Å². The highest BCUT2D eigenvalue weighted by molar-refractivity contribution is 7.89. The molecule has 1 amide bonds. The summed E-state index contributed by atoms with van der Waals surface area (Å²) in [6.07, 6.45) is 2.54. The number of sulfonamides is 1. The summed E-state index contributed by atoms with van der Waals surface area (Å²) in [4.78, 5) is 23.4. The molecule has 0 aliphatic rings. The van der Waals surface area contributed by atoms with Crippen LogP contribution in [0.3, 0.4) is 0 Å². The third-order valence-electron chi connectivity index (χ3n) is 4.32. The van der Waals surface area contributed by atoms with E-state index in [2.05, 4.69) is 10.1 Å². The summed E-state index contributed by atoms with van der Waals surface area (Å²) in [5.41, 5.74) is 0.251. The van der Waals surface area contributed by atoms with Crippen molar-refractivity contribution in [1.82, 2.24) is 9.62 Å². The van der Waals surface area contributed by atoms with Gasteiger partial charge in [0.2, 0.25) is 10.0 Å². The van der Waals surface area contributed by atoms with Gasteiger partial charge in [-0.3, -0.25) is 9.59 Å². The molecule has 9 heteroatoms. The fourth-order valence-electron chi connectivity index (χ4n) is 2.70. The number of methoxy groups -OCH3 is 2. The molecule has 0 unspecified atom stereocenters. The molecular formula is C19H30N2O6S. The first-order valence-electron chi connectivity index (χ1n) is 9.34. The van der Waals surface area contributed by atoms with E-state index in [9.17, 15) is 18.0 Å². The maximum atomic E-state index is 12.8. The van der Waals surface area contributed by atoms with E-state index in [1.165, 1.54) is 36.7 Å². The number of carbonyl (C=O) groups excluding carboxylic acids is 2. The number of hydrogen-bond donors (Lipinski definition) is 1. The number of nitrogens with one attached hydrogen (secondary N) is 1. The third kappa shape index (κ3) is 6.49. The molecule has 0 heterocycles. The summed E-state index contributed by atoms with van der Waals surface area (Å²) < 4.78 is 36.7. The molecular weight excluding hydrogens is 384 g/mol. The van der Waals surface area contributed by atoms with Crippen LogP contribution in [-0.2, 0) is 19.6 Å². The summed E-state index contributed by atoms with van der Waals surface area (Å²) in [5.74, 6) is -0.401. The Kier molecular flexibility index (Phi) is 9.95. The molecule has 0 aliphatic heterocycles. The minimum absolute atomic E-state index is 0.0237. The molecule has 1 N–H and O–H groups in total. The van der Waals surface area contributed by atoms with Crippen molar-refractivity contribution in [3.05, 3.63) is 23.8 Å². The smallest absolute Gasteiger partial charge is 0.305 e. The molecule has 0 fully saturated rings. The Balaban J connectivity index is 2.79. The Hall–Kier alpha value is -2.13. The second-order valence-corrected chi connectivity index (χ2v) is 8.00. The van der Waals surface area contributed by atoms with Gasteiger partial charge in [-0.15, -0.1) is 0 Å². The van der Waals surface area contributed by atoms with Crippen LogP contribution in [0.5, 0.6) is 5.75 Å². The Morgan fingerprint density at radius 2 is 1.75 bits per heavy atom. The molecule has 0 saturated carbocycles. The highest BCUT2D eigenvalue weighted by Crippen LogP contribution is 2.27. The van der Waals surface area contributed by atoms with E-state index in [-0.39, 0.29) is 28.1 Å². The summed E-state index contributed by atoms with van der Waals surface area (Å²) in [6, 6.07) is 4.37. The molecule has 0 spiro atoms. The van der Waals surface area contributed by atoms with Gasteiger partial charge in [0.1, 0.15) is 10.6 Å². The van der Waals surface area contributed by atoms with E-state index < -0.39 is 10.0 Å². The molecule has 0 saturated heterocycles. The highest BCUT2D eigenvalue weighted by Gasteiger charge is 2.26. The number of carbonyl (C=O) groups is 2. The van der Waals surface area contributed by atoms with Crippen LogP contribution in [0.2, 0.25) is 0 Å². The van der Waals surface area contributed by atoms with Gasteiger partial charge in [0.15, 0.2) is 0 Å². The van der Waals surface area contributed by atoms with Crippen molar-refractivity contribution in [1.29, 1.82) is 0 Å². The SMILES string of the molecule is CCN(CC)S(=O)(=O)c1cc(C(=O)NCCCCCC(=O)OC)ccc1OC. The van der Waals surface area contributed by atoms with Crippen LogP contribution in [0.4, 0.5) is 0 Å². The lowest BCUT2D eigenvalue weighted by Crippen LogP contribution is -2.31. The minimum atomic E-state index is -3.76. The molecule has 1 aromatic rings. The van der Waals surface area contributed by atoms with Crippen LogP contribution < -0.4 is 10.1 Å². The molecule has 8 nitrogen and oxygen atoms in total. The first-order chi connectivity index (χ1) is 13.3. The monoisotopic (exact) mass is 414 g/mol. The van der Waals surface area contributed by atoms with E-state index in [0.717, 1.165) is 6.42 Å². The number of ether oxygens (including phenoxy) is 2. The maximum absolute atomic E-state index is 12.8. The standard InChI is InChI=1S/C19H30N2O6S/c1-5-21(6-2)28(24,25)17-14-15(11-12-16(17)26-3)19(23)20-13-9-7-8-10-18(22)27-4/h11-12,14H,5-10,13H2,1-4H3,(H,20,23). The maximum Gasteiger partial charge on any atom is 0.305 e. The number of rotatable bonds is 12. The minimum Gasteiger partial charge on any atom is -0.495 e. The third-order valence-corrected chi connectivity index (χ3v) is 6.39.